The Morgan fingerprint density at radius 1 is 0.833 bits per heavy atom. The van der Waals surface area contributed by atoms with Crippen molar-refractivity contribution >= 4 is 20.7 Å². The molecule has 188 valence electrons. The number of halogens is 6. The Hall–Kier alpha value is -3.74. The zero-order chi connectivity index (χ0) is 26.5. The van der Waals surface area contributed by atoms with Gasteiger partial charge in [0.25, 0.3) is 5.56 Å². The molecule has 0 atom stereocenters. The third-order valence-corrected chi connectivity index (χ3v) is 7.14. The van der Waals surface area contributed by atoms with Gasteiger partial charge in [-0.2, -0.15) is 26.3 Å². The van der Waals surface area contributed by atoms with Crippen molar-refractivity contribution in [2.45, 2.75) is 24.2 Å². The molecule has 0 radical (unpaired) electrons. The van der Waals surface area contributed by atoms with Gasteiger partial charge < -0.3 is 0 Å². The second-order valence-corrected chi connectivity index (χ2v) is 9.92. The summed E-state index contributed by atoms with van der Waals surface area (Å²) in [6.07, 6.45) is -7.19. The Morgan fingerprint density at radius 2 is 1.44 bits per heavy atom. The molecule has 0 saturated carbocycles. The highest BCUT2D eigenvalue weighted by Crippen LogP contribution is 2.33. The Balaban J connectivity index is 1.91. The Kier molecular flexibility index (Phi) is 6.15. The highest BCUT2D eigenvalue weighted by atomic mass is 32.2. The first-order chi connectivity index (χ1) is 16.7. The molecule has 0 fully saturated rings. The zero-order valence-electron chi connectivity index (χ0n) is 18.2. The monoisotopic (exact) mass is 527 g/mol. The molecule has 13 heteroatoms. The molecule has 0 aliphatic rings. The van der Waals surface area contributed by atoms with Gasteiger partial charge in [0.05, 0.1) is 27.8 Å². The van der Waals surface area contributed by atoms with Crippen LogP contribution in [0.1, 0.15) is 18.1 Å². The molecule has 0 amide bonds. The molecular formula is C23H15F6N3O3S. The van der Waals surface area contributed by atoms with Crippen LogP contribution in [0.25, 0.3) is 27.8 Å². The van der Waals surface area contributed by atoms with Gasteiger partial charge in [0.1, 0.15) is 11.2 Å². The maximum absolute atomic E-state index is 13.1. The molecule has 0 aliphatic carbocycles. The molecule has 6 nitrogen and oxygen atoms in total. The number of hydrogen-bond acceptors (Lipinski definition) is 5. The fourth-order valence-corrected chi connectivity index (χ4v) is 4.51. The summed E-state index contributed by atoms with van der Waals surface area (Å²) < 4.78 is 105. The van der Waals surface area contributed by atoms with E-state index in [1.54, 1.807) is 0 Å². The fraction of sp³-hybridized carbons (Fsp3) is 0.174. The van der Waals surface area contributed by atoms with Crippen molar-refractivity contribution in [1.82, 2.24) is 14.5 Å². The zero-order valence-corrected chi connectivity index (χ0v) is 19.0. The average molecular weight is 527 g/mol. The second-order valence-electron chi connectivity index (χ2n) is 7.67. The van der Waals surface area contributed by atoms with Crippen molar-refractivity contribution < 1.29 is 34.8 Å². The lowest BCUT2D eigenvalue weighted by Gasteiger charge is -2.14. The molecule has 0 aliphatic heterocycles. The maximum Gasteiger partial charge on any atom is 0.416 e. The first kappa shape index (κ1) is 25.4. The minimum Gasteiger partial charge on any atom is -0.268 e. The number of alkyl halides is 6. The van der Waals surface area contributed by atoms with Crippen molar-refractivity contribution in [2.24, 2.45) is 0 Å². The van der Waals surface area contributed by atoms with Crippen molar-refractivity contribution in [3.8, 4) is 16.9 Å². The highest BCUT2D eigenvalue weighted by molar-refractivity contribution is 7.91. The van der Waals surface area contributed by atoms with E-state index in [9.17, 15) is 39.6 Å². The smallest absolute Gasteiger partial charge is 0.268 e. The van der Waals surface area contributed by atoms with E-state index in [0.717, 1.165) is 59.6 Å². The lowest BCUT2D eigenvalue weighted by Crippen LogP contribution is -2.23. The maximum atomic E-state index is 13.1. The number of pyridine rings is 1. The van der Waals surface area contributed by atoms with Gasteiger partial charge >= 0.3 is 12.4 Å². The molecule has 36 heavy (non-hydrogen) atoms. The van der Waals surface area contributed by atoms with Crippen LogP contribution in [0.3, 0.4) is 0 Å². The fourth-order valence-electron chi connectivity index (χ4n) is 3.46. The predicted octanol–water partition coefficient (Wildman–Crippen LogP) is 5.28. The Bertz CT molecular complexity index is 1630. The summed E-state index contributed by atoms with van der Waals surface area (Å²) in [5.41, 5.74) is -2.61. The van der Waals surface area contributed by atoms with E-state index in [1.165, 1.54) is 6.92 Å². The SMILES string of the molecule is CCS(=O)(=O)c1cc(-c2ccc(C(F)(F)F)cc2)cnc1-n1cnc2ccc(C(F)(F)F)cc2c1=O. The lowest BCUT2D eigenvalue weighted by molar-refractivity contribution is -0.138. The van der Waals surface area contributed by atoms with E-state index in [4.69, 9.17) is 0 Å². The molecule has 2 aromatic heterocycles. The average Bonchev–Trinajstić information content (AvgIpc) is 2.83. The van der Waals surface area contributed by atoms with E-state index in [-0.39, 0.29) is 16.6 Å². The number of nitrogens with zero attached hydrogens (tertiary/aromatic N) is 3. The number of hydrogen-bond donors (Lipinski definition) is 0. The van der Waals surface area contributed by atoms with Crippen LogP contribution in [-0.2, 0) is 22.2 Å². The van der Waals surface area contributed by atoms with Gasteiger partial charge in [-0.3, -0.25) is 4.79 Å². The van der Waals surface area contributed by atoms with Gasteiger partial charge in [0, 0.05) is 11.8 Å². The highest BCUT2D eigenvalue weighted by Gasteiger charge is 2.32. The summed E-state index contributed by atoms with van der Waals surface area (Å²) >= 11 is 0. The predicted molar refractivity (Wildman–Crippen MR) is 118 cm³/mol. The Morgan fingerprint density at radius 3 is 2.03 bits per heavy atom. The molecule has 0 saturated heterocycles. The van der Waals surface area contributed by atoms with E-state index in [2.05, 4.69) is 9.97 Å². The van der Waals surface area contributed by atoms with Crippen LogP contribution in [0.2, 0.25) is 0 Å². The summed E-state index contributed by atoms with van der Waals surface area (Å²) in [6.45, 7) is 1.33. The number of rotatable bonds is 4. The molecule has 0 unspecified atom stereocenters. The first-order valence-corrected chi connectivity index (χ1v) is 11.9. The van der Waals surface area contributed by atoms with Gasteiger partial charge in [-0.15, -0.1) is 0 Å². The van der Waals surface area contributed by atoms with Gasteiger partial charge in [-0.1, -0.05) is 19.1 Å². The summed E-state index contributed by atoms with van der Waals surface area (Å²) in [6, 6.07) is 7.49. The molecule has 0 spiro atoms. The third-order valence-electron chi connectivity index (χ3n) is 5.41. The molecule has 4 rings (SSSR count). The van der Waals surface area contributed by atoms with Gasteiger partial charge in [0.15, 0.2) is 15.7 Å². The number of benzene rings is 2. The second kappa shape index (κ2) is 8.73. The van der Waals surface area contributed by atoms with Crippen LogP contribution in [0.5, 0.6) is 0 Å². The number of sulfone groups is 1. The van der Waals surface area contributed by atoms with E-state index in [1.807, 2.05) is 0 Å². The lowest BCUT2D eigenvalue weighted by atomic mass is 10.1. The minimum atomic E-state index is -4.72. The van der Waals surface area contributed by atoms with Gasteiger partial charge in [-0.25, -0.2) is 23.0 Å². The van der Waals surface area contributed by atoms with Crippen LogP contribution in [0.15, 0.2) is 70.7 Å². The van der Waals surface area contributed by atoms with Crippen molar-refractivity contribution in [3.63, 3.8) is 0 Å². The van der Waals surface area contributed by atoms with Crippen molar-refractivity contribution in [2.75, 3.05) is 5.75 Å². The summed E-state index contributed by atoms with van der Waals surface area (Å²) in [4.78, 5) is 20.7. The standard InChI is InChI=1S/C23H15F6N3O3S/c1-2-36(34,35)19-9-14(13-3-5-15(6-4-13)22(24,25)26)11-30-20(19)32-12-31-18-8-7-16(23(27,28)29)10-17(18)21(32)33/h3-12H,2H2,1H3. The topological polar surface area (TPSA) is 81.9 Å². The molecule has 0 N–H and O–H groups in total. The molecular weight excluding hydrogens is 512 g/mol. The number of fused-ring (bicyclic) bond motifs is 1. The molecule has 2 heterocycles. The van der Waals surface area contributed by atoms with Crippen molar-refractivity contribution in [3.05, 3.63) is 82.5 Å². The number of aromatic nitrogens is 3. The van der Waals surface area contributed by atoms with E-state index >= 15 is 0 Å². The van der Waals surface area contributed by atoms with Crippen LogP contribution in [0, 0.1) is 0 Å². The first-order valence-electron chi connectivity index (χ1n) is 10.2. The summed E-state index contributed by atoms with van der Waals surface area (Å²) in [5.74, 6) is -0.809. The summed E-state index contributed by atoms with van der Waals surface area (Å²) in [5, 5.41) is -0.402. The largest absolute Gasteiger partial charge is 0.416 e. The molecule has 0 bridgehead atoms. The van der Waals surface area contributed by atoms with Crippen molar-refractivity contribution in [1.29, 1.82) is 0 Å². The quantitative estimate of drug-likeness (QED) is 0.338. The van der Waals surface area contributed by atoms with Crippen LogP contribution in [0.4, 0.5) is 26.3 Å². The molecule has 2 aromatic carbocycles. The minimum absolute atomic E-state index is 0.0366. The third kappa shape index (κ3) is 4.70. The van der Waals surface area contributed by atoms with Crippen LogP contribution in [-0.4, -0.2) is 28.7 Å². The van der Waals surface area contributed by atoms with Crippen LogP contribution < -0.4 is 5.56 Å². The summed E-state index contributed by atoms with van der Waals surface area (Å²) in [7, 11) is -4.05. The normalized spacial score (nSPS) is 12.8. The Labute approximate surface area is 199 Å². The van der Waals surface area contributed by atoms with Gasteiger partial charge in [0.2, 0.25) is 0 Å². The molecule has 4 aromatic rings. The van der Waals surface area contributed by atoms with Crippen LogP contribution >= 0.6 is 0 Å². The van der Waals surface area contributed by atoms with Gasteiger partial charge in [-0.05, 0) is 42.0 Å². The van der Waals surface area contributed by atoms with E-state index in [0.29, 0.717) is 6.07 Å². The van der Waals surface area contributed by atoms with E-state index < -0.39 is 60.7 Å².